The predicted molar refractivity (Wildman–Crippen MR) is 79.3 cm³/mol. The smallest absolute Gasteiger partial charge is 0.243 e. The zero-order chi connectivity index (χ0) is 14.8. The molecule has 2 rings (SSSR count). The van der Waals surface area contributed by atoms with Crippen LogP contribution in [0, 0.1) is 0 Å². The fraction of sp³-hybridized carbons (Fsp3) is 0.571. The highest BCUT2D eigenvalue weighted by atomic mass is 35.5. The number of nitrogens with zero attached hydrogens (tertiary/aromatic N) is 1. The minimum Gasteiger partial charge on any atom is -0.391 e. The molecule has 0 radical (unpaired) electrons. The summed E-state index contributed by atoms with van der Waals surface area (Å²) in [6.45, 7) is 2.33. The summed E-state index contributed by atoms with van der Waals surface area (Å²) in [7, 11) is -3.57. The lowest BCUT2D eigenvalue weighted by Gasteiger charge is -2.37. The van der Waals surface area contributed by atoms with Gasteiger partial charge in [0.25, 0.3) is 0 Å². The van der Waals surface area contributed by atoms with Crippen LogP contribution in [0.15, 0.2) is 29.2 Å². The summed E-state index contributed by atoms with van der Waals surface area (Å²) in [6.07, 6.45) is 2.44. The third-order valence-corrected chi connectivity index (χ3v) is 5.97. The summed E-state index contributed by atoms with van der Waals surface area (Å²) in [4.78, 5) is 0.233. The third-order valence-electron chi connectivity index (χ3n) is 3.78. The minimum atomic E-state index is -3.57. The maximum atomic E-state index is 12.7. The highest BCUT2D eigenvalue weighted by Gasteiger charge is 2.36. The van der Waals surface area contributed by atoms with Gasteiger partial charge in [0.15, 0.2) is 0 Å². The second-order valence-corrected chi connectivity index (χ2v) is 7.44. The summed E-state index contributed by atoms with van der Waals surface area (Å²) in [5, 5.41) is 10.6. The van der Waals surface area contributed by atoms with E-state index in [0.717, 1.165) is 12.8 Å². The molecule has 20 heavy (non-hydrogen) atoms. The van der Waals surface area contributed by atoms with E-state index in [1.54, 1.807) is 12.1 Å². The van der Waals surface area contributed by atoms with Gasteiger partial charge in [-0.15, -0.1) is 0 Å². The molecule has 1 aromatic rings. The normalized spacial score (nSPS) is 22.6. The Morgan fingerprint density at radius 3 is 2.60 bits per heavy atom. The van der Waals surface area contributed by atoms with Gasteiger partial charge in [-0.25, -0.2) is 8.42 Å². The van der Waals surface area contributed by atoms with Crippen LogP contribution in [-0.2, 0) is 10.0 Å². The maximum absolute atomic E-state index is 12.7. The second kappa shape index (κ2) is 6.43. The first kappa shape index (κ1) is 15.8. The Morgan fingerprint density at radius 1 is 1.35 bits per heavy atom. The number of aliphatic hydroxyl groups is 1. The number of benzene rings is 1. The number of rotatable bonds is 4. The predicted octanol–water partition coefficient (Wildman–Crippen LogP) is 2.65. The molecular formula is C14H20ClNO3S. The Bertz CT molecular complexity index is 544. The van der Waals surface area contributed by atoms with Crippen molar-refractivity contribution in [3.8, 4) is 0 Å². The van der Waals surface area contributed by atoms with Gasteiger partial charge in [0.1, 0.15) is 0 Å². The van der Waals surface area contributed by atoms with Gasteiger partial charge in [-0.05, 0) is 43.5 Å². The van der Waals surface area contributed by atoms with Crippen molar-refractivity contribution in [1.29, 1.82) is 0 Å². The number of halogens is 1. The van der Waals surface area contributed by atoms with E-state index < -0.39 is 16.1 Å². The van der Waals surface area contributed by atoms with Crippen molar-refractivity contribution < 1.29 is 13.5 Å². The molecule has 1 heterocycles. The van der Waals surface area contributed by atoms with Gasteiger partial charge in [0, 0.05) is 11.6 Å². The molecule has 0 saturated carbocycles. The van der Waals surface area contributed by atoms with Crippen LogP contribution in [0.5, 0.6) is 0 Å². The quantitative estimate of drug-likeness (QED) is 0.928. The van der Waals surface area contributed by atoms with Crippen LogP contribution in [0.25, 0.3) is 0 Å². The molecule has 0 bridgehead atoms. The lowest BCUT2D eigenvalue weighted by atomic mass is 9.98. The highest BCUT2D eigenvalue weighted by Crippen LogP contribution is 2.28. The zero-order valence-corrected chi connectivity index (χ0v) is 13.1. The Morgan fingerprint density at radius 2 is 2.00 bits per heavy atom. The molecule has 0 spiro atoms. The van der Waals surface area contributed by atoms with Gasteiger partial charge in [-0.1, -0.05) is 24.9 Å². The van der Waals surface area contributed by atoms with Gasteiger partial charge >= 0.3 is 0 Å². The number of hydrogen-bond acceptors (Lipinski definition) is 3. The van der Waals surface area contributed by atoms with E-state index in [2.05, 4.69) is 0 Å². The van der Waals surface area contributed by atoms with E-state index >= 15 is 0 Å². The van der Waals surface area contributed by atoms with E-state index in [-0.39, 0.29) is 10.9 Å². The number of aliphatic hydroxyl groups excluding tert-OH is 1. The lowest BCUT2D eigenvalue weighted by Crippen LogP contribution is -2.49. The average Bonchev–Trinajstić information content (AvgIpc) is 2.47. The summed E-state index contributed by atoms with van der Waals surface area (Å²) >= 11 is 5.80. The van der Waals surface area contributed by atoms with Crippen molar-refractivity contribution in [2.45, 2.75) is 49.6 Å². The fourth-order valence-electron chi connectivity index (χ4n) is 2.63. The van der Waals surface area contributed by atoms with Crippen molar-refractivity contribution in [3.05, 3.63) is 29.3 Å². The van der Waals surface area contributed by atoms with Crippen LogP contribution in [0.2, 0.25) is 5.02 Å². The molecular weight excluding hydrogens is 298 g/mol. The summed E-state index contributed by atoms with van der Waals surface area (Å²) in [5.74, 6) is 0. The van der Waals surface area contributed by atoms with Crippen LogP contribution >= 0.6 is 11.6 Å². The van der Waals surface area contributed by atoms with E-state index in [1.165, 1.54) is 16.4 Å². The molecule has 1 aliphatic heterocycles. The molecule has 1 aromatic carbocycles. The Labute approximate surface area is 125 Å². The lowest BCUT2D eigenvalue weighted by molar-refractivity contribution is 0.0667. The van der Waals surface area contributed by atoms with E-state index in [4.69, 9.17) is 11.6 Å². The summed E-state index contributed by atoms with van der Waals surface area (Å²) < 4.78 is 26.9. The first-order chi connectivity index (χ1) is 9.46. The van der Waals surface area contributed by atoms with E-state index in [9.17, 15) is 13.5 Å². The molecule has 112 valence electrons. The van der Waals surface area contributed by atoms with Crippen molar-refractivity contribution in [1.82, 2.24) is 4.31 Å². The van der Waals surface area contributed by atoms with Crippen LogP contribution in [0.3, 0.4) is 0 Å². The minimum absolute atomic E-state index is 0.233. The van der Waals surface area contributed by atoms with Crippen LogP contribution in [0.4, 0.5) is 0 Å². The van der Waals surface area contributed by atoms with Gasteiger partial charge in [-0.3, -0.25) is 0 Å². The van der Waals surface area contributed by atoms with Crippen LogP contribution in [-0.4, -0.2) is 36.5 Å². The molecule has 4 nitrogen and oxygen atoms in total. The van der Waals surface area contributed by atoms with Crippen LogP contribution < -0.4 is 0 Å². The van der Waals surface area contributed by atoms with Gasteiger partial charge in [0.2, 0.25) is 10.0 Å². The Hall–Kier alpha value is -0.620. The molecule has 1 aliphatic rings. The standard InChI is InChI=1S/C14H20ClNO3S/c1-2-14(17)13-5-3-4-10-16(13)20(18,19)12-8-6-11(15)7-9-12/h6-9,13-14,17H,2-5,10H2,1H3. The molecule has 2 unspecified atom stereocenters. The number of piperidine rings is 1. The van der Waals surface area contributed by atoms with Crippen molar-refractivity contribution in [2.75, 3.05) is 6.54 Å². The molecule has 1 N–H and O–H groups in total. The van der Waals surface area contributed by atoms with Gasteiger partial charge in [-0.2, -0.15) is 4.31 Å². The fourth-order valence-corrected chi connectivity index (χ4v) is 4.48. The molecule has 0 aliphatic carbocycles. The summed E-state index contributed by atoms with van der Waals surface area (Å²) in [5.41, 5.74) is 0. The first-order valence-electron chi connectivity index (χ1n) is 6.92. The van der Waals surface area contributed by atoms with Gasteiger partial charge < -0.3 is 5.11 Å². The monoisotopic (exact) mass is 317 g/mol. The first-order valence-corrected chi connectivity index (χ1v) is 8.74. The Kier molecular flexibility index (Phi) is 5.07. The van der Waals surface area contributed by atoms with Crippen molar-refractivity contribution >= 4 is 21.6 Å². The van der Waals surface area contributed by atoms with Crippen LogP contribution in [0.1, 0.15) is 32.6 Å². The Balaban J connectivity index is 2.33. The summed E-state index contributed by atoms with van der Waals surface area (Å²) in [6, 6.07) is 5.85. The molecule has 6 heteroatoms. The number of hydrogen-bond donors (Lipinski definition) is 1. The average molecular weight is 318 g/mol. The SMILES string of the molecule is CCC(O)C1CCCCN1S(=O)(=O)c1ccc(Cl)cc1. The van der Waals surface area contributed by atoms with Crippen molar-refractivity contribution in [2.24, 2.45) is 0 Å². The van der Waals surface area contributed by atoms with Crippen molar-refractivity contribution in [3.63, 3.8) is 0 Å². The molecule has 0 amide bonds. The molecule has 1 fully saturated rings. The third kappa shape index (κ3) is 3.17. The van der Waals surface area contributed by atoms with E-state index in [0.29, 0.717) is 24.4 Å². The second-order valence-electron chi connectivity index (χ2n) is 5.11. The molecule has 1 saturated heterocycles. The largest absolute Gasteiger partial charge is 0.391 e. The van der Waals surface area contributed by atoms with Gasteiger partial charge in [0.05, 0.1) is 17.0 Å². The molecule has 0 aromatic heterocycles. The maximum Gasteiger partial charge on any atom is 0.243 e. The highest BCUT2D eigenvalue weighted by molar-refractivity contribution is 7.89. The van der Waals surface area contributed by atoms with E-state index in [1.807, 2.05) is 6.92 Å². The number of sulfonamides is 1. The topological polar surface area (TPSA) is 57.6 Å². The molecule has 2 atom stereocenters. The zero-order valence-electron chi connectivity index (χ0n) is 11.5.